The fourth-order valence-electron chi connectivity index (χ4n) is 3.97. The average molecular weight is 464 g/mol. The molecule has 2 heterocycles. The number of imidazole rings is 1. The Hall–Kier alpha value is -2.62. The van der Waals surface area contributed by atoms with Crippen LogP contribution >= 0.6 is 12.3 Å². The number of carbonyl (C=O) groups is 1. The van der Waals surface area contributed by atoms with Gasteiger partial charge in [-0.15, -0.1) is 3.89 Å². The molecule has 2 atom stereocenters. The highest BCUT2D eigenvalue weighted by atomic mass is 32.2. The van der Waals surface area contributed by atoms with E-state index >= 15 is 0 Å². The van der Waals surface area contributed by atoms with Crippen LogP contribution in [0.2, 0.25) is 0 Å². The number of aromatic nitrogens is 4. The Kier molecular flexibility index (Phi) is 5.68. The molecule has 4 rings (SSSR count). The Morgan fingerprint density at radius 2 is 1.97 bits per heavy atom. The van der Waals surface area contributed by atoms with Crippen molar-refractivity contribution in [1.29, 1.82) is 0 Å². The van der Waals surface area contributed by atoms with Crippen LogP contribution in [-0.2, 0) is 17.6 Å². The number of fused-ring (bicyclic) bond motifs is 2. The summed E-state index contributed by atoms with van der Waals surface area (Å²) < 4.78 is 35.0. The summed E-state index contributed by atoms with van der Waals surface area (Å²) in [5.41, 5.74) is 2.68. The van der Waals surface area contributed by atoms with Crippen molar-refractivity contribution >= 4 is 35.1 Å². The maximum Gasteiger partial charge on any atom is 0.414 e. The molecule has 0 bridgehead atoms. The van der Waals surface area contributed by atoms with Gasteiger partial charge in [0.2, 0.25) is 0 Å². The predicted molar refractivity (Wildman–Crippen MR) is 122 cm³/mol. The maximum absolute atomic E-state index is 14.8. The van der Waals surface area contributed by atoms with E-state index in [4.69, 9.17) is 4.74 Å². The van der Waals surface area contributed by atoms with E-state index in [0.29, 0.717) is 34.4 Å². The number of nitrogens with one attached hydrogen (secondary N) is 1. The number of H-pyrrole nitrogens is 1. The third-order valence-corrected chi connectivity index (χ3v) is 6.37. The molecule has 0 aliphatic heterocycles. The number of aromatic amines is 1. The minimum Gasteiger partial charge on any atom is -0.443 e. The predicted octanol–water partition coefficient (Wildman–Crippen LogP) is 5.69. The number of ether oxygens (including phenoxy) is 1. The van der Waals surface area contributed by atoms with Crippen molar-refractivity contribution in [3.63, 3.8) is 0 Å². The lowest BCUT2D eigenvalue weighted by atomic mass is 9.80. The lowest BCUT2D eigenvalue weighted by Crippen LogP contribution is -2.34. The van der Waals surface area contributed by atoms with Gasteiger partial charge in [0.05, 0.1) is 22.4 Å². The molecule has 1 aromatic carbocycles. The van der Waals surface area contributed by atoms with E-state index in [-0.39, 0.29) is 18.0 Å². The summed E-state index contributed by atoms with van der Waals surface area (Å²) in [6.07, 6.45) is 0.840. The van der Waals surface area contributed by atoms with Crippen molar-refractivity contribution in [2.75, 3.05) is 11.9 Å². The molecule has 1 N–H and O–H groups in total. The Morgan fingerprint density at radius 1 is 1.28 bits per heavy atom. The minimum absolute atomic E-state index is 0.0547. The van der Waals surface area contributed by atoms with E-state index in [0.717, 1.165) is 29.0 Å². The first-order chi connectivity index (χ1) is 15.0. The van der Waals surface area contributed by atoms with Gasteiger partial charge in [0.15, 0.2) is 18.2 Å². The highest BCUT2D eigenvalue weighted by Crippen LogP contribution is 2.37. The fraction of sp³-hybridized carbons (Fsp3) is 0.500. The van der Waals surface area contributed by atoms with Crippen LogP contribution in [0.25, 0.3) is 22.6 Å². The molecule has 1 amide bonds. The Balaban J connectivity index is 1.74. The maximum atomic E-state index is 14.8. The van der Waals surface area contributed by atoms with Gasteiger partial charge in [-0.05, 0) is 51.5 Å². The van der Waals surface area contributed by atoms with Crippen molar-refractivity contribution in [1.82, 2.24) is 19.2 Å². The molecule has 0 radical (unpaired) electrons. The van der Waals surface area contributed by atoms with E-state index in [9.17, 15) is 13.1 Å². The highest BCUT2D eigenvalue weighted by Gasteiger charge is 2.31. The molecule has 172 valence electrons. The molecule has 0 saturated carbocycles. The SMILES string of the molecule is CC1Cc2c(-c3nc4cc(N(C)C(=O)OC(C)(C)C)c(F)cc4[nH]3)nn(SF)c2C[C@H]1C. The molecule has 2 aromatic heterocycles. The van der Waals surface area contributed by atoms with Crippen LogP contribution in [-0.4, -0.2) is 37.9 Å². The largest absolute Gasteiger partial charge is 0.443 e. The van der Waals surface area contributed by atoms with Crippen molar-refractivity contribution < 1.29 is 17.8 Å². The molecule has 0 saturated heterocycles. The lowest BCUT2D eigenvalue weighted by Gasteiger charge is -2.25. The van der Waals surface area contributed by atoms with Gasteiger partial charge < -0.3 is 9.72 Å². The molecule has 0 spiro atoms. The van der Waals surface area contributed by atoms with Gasteiger partial charge in [0.25, 0.3) is 0 Å². The second-order valence-corrected chi connectivity index (χ2v) is 10.0. The van der Waals surface area contributed by atoms with E-state index in [2.05, 4.69) is 28.9 Å². The number of benzene rings is 1. The first kappa shape index (κ1) is 22.6. The smallest absolute Gasteiger partial charge is 0.414 e. The standard InChI is InChI=1S/C22H27F2N5O2S/c1-11-7-13-17(8-12(11)2)29(32-24)27-19(13)20-25-15-9-14(23)18(10-16(15)26-20)28(6)21(30)31-22(3,4)5/h9-12H,7-8H2,1-6H3,(H,25,26)/t11?,12-/m1/s1. The van der Waals surface area contributed by atoms with Crippen molar-refractivity contribution in [3.05, 3.63) is 29.2 Å². The van der Waals surface area contributed by atoms with Crippen LogP contribution in [0.15, 0.2) is 12.1 Å². The topological polar surface area (TPSA) is 76.0 Å². The van der Waals surface area contributed by atoms with Crippen LogP contribution in [0, 0.1) is 17.7 Å². The number of nitrogens with zero attached hydrogens (tertiary/aromatic N) is 4. The van der Waals surface area contributed by atoms with Gasteiger partial charge in [-0.25, -0.2) is 14.2 Å². The summed E-state index contributed by atoms with van der Waals surface area (Å²) in [6.45, 7) is 9.56. The number of hydrogen-bond donors (Lipinski definition) is 1. The van der Waals surface area contributed by atoms with Gasteiger partial charge in [0, 0.05) is 18.7 Å². The van der Waals surface area contributed by atoms with Gasteiger partial charge in [-0.2, -0.15) is 9.19 Å². The first-order valence-electron chi connectivity index (χ1n) is 10.5. The molecule has 7 nitrogen and oxygen atoms in total. The Labute approximate surface area is 189 Å². The quantitative estimate of drug-likeness (QED) is 0.540. The third-order valence-electron chi connectivity index (χ3n) is 5.94. The Morgan fingerprint density at radius 3 is 2.62 bits per heavy atom. The number of anilines is 1. The molecule has 1 aliphatic rings. The number of carbonyl (C=O) groups excluding carboxylic acids is 1. The summed E-state index contributed by atoms with van der Waals surface area (Å²) in [5, 5.41) is 4.43. The summed E-state index contributed by atoms with van der Waals surface area (Å²) >= 11 is 0.0713. The lowest BCUT2D eigenvalue weighted by molar-refractivity contribution is 0.0588. The number of rotatable bonds is 3. The molecule has 1 aliphatic carbocycles. The van der Waals surface area contributed by atoms with Crippen LogP contribution in [0.4, 0.5) is 18.8 Å². The van der Waals surface area contributed by atoms with Gasteiger partial charge in [-0.1, -0.05) is 13.8 Å². The van der Waals surface area contributed by atoms with Crippen LogP contribution in [0.5, 0.6) is 0 Å². The zero-order chi connectivity index (χ0) is 23.4. The first-order valence-corrected chi connectivity index (χ1v) is 11.2. The summed E-state index contributed by atoms with van der Waals surface area (Å²) in [7, 11) is 1.45. The minimum atomic E-state index is -0.702. The molecule has 10 heteroatoms. The summed E-state index contributed by atoms with van der Waals surface area (Å²) in [4.78, 5) is 21.2. The molecule has 0 fully saturated rings. The molecule has 32 heavy (non-hydrogen) atoms. The number of hydrogen-bond acceptors (Lipinski definition) is 5. The summed E-state index contributed by atoms with van der Waals surface area (Å²) in [5.74, 6) is 0.714. The van der Waals surface area contributed by atoms with Crippen LogP contribution < -0.4 is 4.90 Å². The van der Waals surface area contributed by atoms with E-state index in [1.54, 1.807) is 20.8 Å². The average Bonchev–Trinajstić information content (AvgIpc) is 3.26. The van der Waals surface area contributed by atoms with Crippen molar-refractivity contribution in [3.8, 4) is 11.5 Å². The molecular weight excluding hydrogens is 436 g/mol. The van der Waals surface area contributed by atoms with Crippen LogP contribution in [0.3, 0.4) is 0 Å². The monoisotopic (exact) mass is 463 g/mol. The second kappa shape index (κ2) is 8.06. The van der Waals surface area contributed by atoms with E-state index < -0.39 is 17.5 Å². The highest BCUT2D eigenvalue weighted by molar-refractivity contribution is 7.92. The molecular formula is C22H27F2N5O2S. The van der Waals surface area contributed by atoms with Crippen molar-refractivity contribution in [2.24, 2.45) is 11.8 Å². The zero-order valence-corrected chi connectivity index (χ0v) is 19.8. The summed E-state index contributed by atoms with van der Waals surface area (Å²) in [6, 6.07) is 2.78. The van der Waals surface area contributed by atoms with Crippen molar-refractivity contribution in [2.45, 2.75) is 53.1 Å². The van der Waals surface area contributed by atoms with E-state index in [1.807, 2.05) is 0 Å². The van der Waals surface area contributed by atoms with Gasteiger partial charge in [0.1, 0.15) is 17.1 Å². The fourth-order valence-corrected chi connectivity index (χ4v) is 4.35. The van der Waals surface area contributed by atoms with Gasteiger partial charge in [-0.3, -0.25) is 4.90 Å². The van der Waals surface area contributed by atoms with Crippen LogP contribution in [0.1, 0.15) is 45.9 Å². The second-order valence-electron chi connectivity index (χ2n) is 9.52. The Bertz CT molecular complexity index is 1180. The molecule has 1 unspecified atom stereocenters. The number of amides is 1. The van der Waals surface area contributed by atoms with Gasteiger partial charge >= 0.3 is 6.09 Å². The van der Waals surface area contributed by atoms with E-state index in [1.165, 1.54) is 23.3 Å². The zero-order valence-electron chi connectivity index (χ0n) is 19.0. The molecule has 3 aromatic rings. The number of halogens is 2. The third kappa shape index (κ3) is 4.07. The normalized spacial score (nSPS) is 18.6.